The van der Waals surface area contributed by atoms with Gasteiger partial charge in [0.05, 0.1) is 6.04 Å². The highest BCUT2D eigenvalue weighted by atomic mass is 16.4. The highest BCUT2D eigenvalue weighted by Gasteiger charge is 2.43. The van der Waals surface area contributed by atoms with Crippen molar-refractivity contribution in [2.75, 3.05) is 32.7 Å². The fourth-order valence-electron chi connectivity index (χ4n) is 4.45. The molecule has 0 spiro atoms. The lowest BCUT2D eigenvalue weighted by atomic mass is 9.92. The van der Waals surface area contributed by atoms with Crippen LogP contribution in [0.2, 0.25) is 0 Å². The largest absolute Gasteiger partial charge is 0.465 e. The Labute approximate surface area is 170 Å². The van der Waals surface area contributed by atoms with Crippen molar-refractivity contribution in [3.8, 4) is 0 Å². The Morgan fingerprint density at radius 3 is 1.93 bits per heavy atom. The SMILES string of the molecule is NC(=O)C1CN(C(=O)O)CCN1C1CN(C(c2ccccc2)c2ccccc2)C1. The van der Waals surface area contributed by atoms with Crippen molar-refractivity contribution in [3.63, 3.8) is 0 Å². The minimum Gasteiger partial charge on any atom is -0.465 e. The zero-order valence-electron chi connectivity index (χ0n) is 16.2. The standard InChI is InChI=1S/C22H26N4O3/c23-21(27)19-15-24(22(28)29)11-12-26(19)18-13-25(14-18)20(16-7-3-1-4-8-16)17-9-5-2-6-10-17/h1-10,18-20H,11-15H2,(H2,23,27)(H,28,29). The molecule has 7 nitrogen and oxygen atoms in total. The number of rotatable bonds is 5. The number of carbonyl (C=O) groups is 2. The second-order valence-corrected chi connectivity index (χ2v) is 7.72. The molecule has 2 amide bonds. The van der Waals surface area contributed by atoms with Crippen molar-refractivity contribution in [2.45, 2.75) is 18.1 Å². The molecule has 2 aromatic rings. The molecule has 7 heteroatoms. The number of carboxylic acid groups (broad SMARTS) is 1. The molecular weight excluding hydrogens is 368 g/mol. The molecule has 0 aliphatic carbocycles. The molecule has 2 aliphatic rings. The van der Waals surface area contributed by atoms with Gasteiger partial charge in [0.2, 0.25) is 5.91 Å². The van der Waals surface area contributed by atoms with E-state index >= 15 is 0 Å². The molecule has 0 bridgehead atoms. The monoisotopic (exact) mass is 394 g/mol. The number of carbonyl (C=O) groups excluding carboxylic acids is 1. The van der Waals surface area contributed by atoms with Crippen LogP contribution in [0.15, 0.2) is 60.7 Å². The van der Waals surface area contributed by atoms with Crippen LogP contribution in [0.5, 0.6) is 0 Å². The predicted molar refractivity (Wildman–Crippen MR) is 109 cm³/mol. The van der Waals surface area contributed by atoms with E-state index in [1.807, 2.05) is 12.1 Å². The van der Waals surface area contributed by atoms with Gasteiger partial charge in [-0.1, -0.05) is 60.7 Å². The summed E-state index contributed by atoms with van der Waals surface area (Å²) in [5, 5.41) is 9.25. The van der Waals surface area contributed by atoms with Crippen molar-refractivity contribution in [1.82, 2.24) is 14.7 Å². The molecule has 0 radical (unpaired) electrons. The minimum absolute atomic E-state index is 0.141. The summed E-state index contributed by atoms with van der Waals surface area (Å²) in [5.74, 6) is -0.461. The lowest BCUT2D eigenvalue weighted by Gasteiger charge is -2.52. The first-order valence-corrected chi connectivity index (χ1v) is 9.91. The van der Waals surface area contributed by atoms with Crippen LogP contribution in [0.25, 0.3) is 0 Å². The molecule has 3 N–H and O–H groups in total. The minimum atomic E-state index is -1.00. The molecule has 1 atom stereocenters. The van der Waals surface area contributed by atoms with E-state index in [1.54, 1.807) is 0 Å². The highest BCUT2D eigenvalue weighted by molar-refractivity contribution is 5.81. The Morgan fingerprint density at radius 1 is 0.897 bits per heavy atom. The Hall–Kier alpha value is -2.90. The Balaban J connectivity index is 1.49. The molecule has 1 unspecified atom stereocenters. The van der Waals surface area contributed by atoms with Crippen molar-refractivity contribution in [1.29, 1.82) is 0 Å². The van der Waals surface area contributed by atoms with E-state index in [2.05, 4.69) is 58.3 Å². The molecule has 152 valence electrons. The number of nitrogens with two attached hydrogens (primary N) is 1. The van der Waals surface area contributed by atoms with Crippen LogP contribution in [0.3, 0.4) is 0 Å². The summed E-state index contributed by atoms with van der Waals surface area (Å²) in [7, 11) is 0. The van der Waals surface area contributed by atoms with Crippen molar-refractivity contribution in [3.05, 3.63) is 71.8 Å². The van der Waals surface area contributed by atoms with E-state index in [0.29, 0.717) is 13.1 Å². The van der Waals surface area contributed by atoms with Gasteiger partial charge in [-0.15, -0.1) is 0 Å². The number of amides is 2. The second-order valence-electron chi connectivity index (χ2n) is 7.72. The van der Waals surface area contributed by atoms with E-state index in [9.17, 15) is 14.7 Å². The molecule has 4 rings (SSSR count). The molecule has 0 aromatic heterocycles. The number of nitrogens with zero attached hydrogens (tertiary/aromatic N) is 3. The van der Waals surface area contributed by atoms with Gasteiger partial charge in [0, 0.05) is 38.8 Å². The van der Waals surface area contributed by atoms with Crippen LogP contribution in [0.1, 0.15) is 17.2 Å². The summed E-state index contributed by atoms with van der Waals surface area (Å²) < 4.78 is 0. The zero-order valence-corrected chi connectivity index (χ0v) is 16.2. The van der Waals surface area contributed by atoms with Crippen LogP contribution >= 0.6 is 0 Å². The lowest BCUT2D eigenvalue weighted by Crippen LogP contribution is -2.69. The first-order valence-electron chi connectivity index (χ1n) is 9.91. The van der Waals surface area contributed by atoms with Crippen LogP contribution < -0.4 is 5.73 Å². The summed E-state index contributed by atoms with van der Waals surface area (Å²) in [6, 6.07) is 20.6. The Kier molecular flexibility index (Phi) is 5.51. The van der Waals surface area contributed by atoms with Gasteiger partial charge >= 0.3 is 6.09 Å². The van der Waals surface area contributed by atoms with Gasteiger partial charge in [-0.05, 0) is 11.1 Å². The number of piperazine rings is 1. The number of benzene rings is 2. The van der Waals surface area contributed by atoms with Gasteiger partial charge in [0.25, 0.3) is 0 Å². The summed E-state index contributed by atoms with van der Waals surface area (Å²) in [5.41, 5.74) is 8.07. The highest BCUT2D eigenvalue weighted by Crippen LogP contribution is 2.34. The van der Waals surface area contributed by atoms with Gasteiger partial charge in [0.1, 0.15) is 6.04 Å². The van der Waals surface area contributed by atoms with Crippen LogP contribution in [0.4, 0.5) is 4.79 Å². The summed E-state index contributed by atoms with van der Waals surface area (Å²) >= 11 is 0. The normalized spacial score (nSPS) is 21.1. The topological polar surface area (TPSA) is 90.1 Å². The summed E-state index contributed by atoms with van der Waals surface area (Å²) in [6.45, 7) is 2.69. The second kappa shape index (κ2) is 8.23. The maximum Gasteiger partial charge on any atom is 0.407 e. The fourth-order valence-corrected chi connectivity index (χ4v) is 4.45. The first kappa shape index (κ1) is 19.4. The third-order valence-corrected chi connectivity index (χ3v) is 5.98. The molecule has 0 saturated carbocycles. The molecule has 2 aliphatic heterocycles. The van der Waals surface area contributed by atoms with E-state index in [0.717, 1.165) is 13.1 Å². The van der Waals surface area contributed by atoms with Gasteiger partial charge in [0.15, 0.2) is 0 Å². The van der Waals surface area contributed by atoms with E-state index in [-0.39, 0.29) is 18.6 Å². The van der Waals surface area contributed by atoms with E-state index in [1.165, 1.54) is 16.0 Å². The summed E-state index contributed by atoms with van der Waals surface area (Å²) in [6.07, 6.45) is -1.00. The Morgan fingerprint density at radius 2 is 1.45 bits per heavy atom. The maximum absolute atomic E-state index is 12.0. The average Bonchev–Trinajstić information content (AvgIpc) is 2.71. The molecule has 2 heterocycles. The number of hydrogen-bond acceptors (Lipinski definition) is 4. The van der Waals surface area contributed by atoms with Crippen LogP contribution in [0, 0.1) is 0 Å². The molecule has 2 saturated heterocycles. The zero-order chi connectivity index (χ0) is 20.4. The van der Waals surface area contributed by atoms with Crippen LogP contribution in [-0.2, 0) is 4.79 Å². The number of primary amides is 1. The van der Waals surface area contributed by atoms with E-state index in [4.69, 9.17) is 5.73 Å². The van der Waals surface area contributed by atoms with E-state index < -0.39 is 18.0 Å². The third kappa shape index (κ3) is 3.97. The molecule has 29 heavy (non-hydrogen) atoms. The third-order valence-electron chi connectivity index (χ3n) is 5.98. The lowest BCUT2D eigenvalue weighted by molar-refractivity contribution is -0.129. The molecular formula is C22H26N4O3. The van der Waals surface area contributed by atoms with Gasteiger partial charge in [-0.3, -0.25) is 14.6 Å². The van der Waals surface area contributed by atoms with Crippen molar-refractivity contribution < 1.29 is 14.7 Å². The number of hydrogen-bond donors (Lipinski definition) is 2. The quantitative estimate of drug-likeness (QED) is 0.804. The smallest absolute Gasteiger partial charge is 0.407 e. The van der Waals surface area contributed by atoms with Crippen molar-refractivity contribution in [2.24, 2.45) is 5.73 Å². The average molecular weight is 394 g/mol. The summed E-state index contributed by atoms with van der Waals surface area (Å²) in [4.78, 5) is 29.0. The van der Waals surface area contributed by atoms with Gasteiger partial charge in [-0.25, -0.2) is 4.79 Å². The van der Waals surface area contributed by atoms with Crippen molar-refractivity contribution >= 4 is 12.0 Å². The Bertz CT molecular complexity index is 815. The molecule has 2 fully saturated rings. The number of likely N-dealkylation sites (tertiary alicyclic amines) is 1. The van der Waals surface area contributed by atoms with Gasteiger partial charge < -0.3 is 15.7 Å². The van der Waals surface area contributed by atoms with Gasteiger partial charge in [-0.2, -0.15) is 0 Å². The first-order chi connectivity index (χ1) is 14.0. The van der Waals surface area contributed by atoms with Crippen LogP contribution in [-0.4, -0.2) is 76.6 Å². The molecule has 2 aromatic carbocycles. The predicted octanol–water partition coefficient (Wildman–Crippen LogP) is 1.61. The fraction of sp³-hybridized carbons (Fsp3) is 0.364. The maximum atomic E-state index is 12.0.